The molecule has 2 aromatic carbocycles. The van der Waals surface area contributed by atoms with Crippen molar-refractivity contribution in [2.45, 2.75) is 6.92 Å². The van der Waals surface area contributed by atoms with Gasteiger partial charge < -0.3 is 9.52 Å². The first-order chi connectivity index (χ1) is 9.18. The molecular formula is C16H12O3. The number of para-hydroxylation sites is 1. The normalized spacial score (nSPS) is 10.8. The zero-order valence-electron chi connectivity index (χ0n) is 10.4. The molecule has 0 spiro atoms. The largest absolute Gasteiger partial charge is 0.501 e. The molecule has 3 nitrogen and oxygen atoms in total. The molecule has 0 bridgehead atoms. The number of aryl methyl sites for hydroxylation is 1. The van der Waals surface area contributed by atoms with Gasteiger partial charge in [0, 0.05) is 10.9 Å². The molecule has 0 radical (unpaired) electrons. The van der Waals surface area contributed by atoms with E-state index in [2.05, 4.69) is 0 Å². The molecule has 19 heavy (non-hydrogen) atoms. The van der Waals surface area contributed by atoms with Gasteiger partial charge in [-0.15, -0.1) is 0 Å². The average molecular weight is 252 g/mol. The minimum atomic E-state index is -0.708. The molecule has 3 aromatic rings. The van der Waals surface area contributed by atoms with Crippen LogP contribution in [0.2, 0.25) is 0 Å². The van der Waals surface area contributed by atoms with Crippen molar-refractivity contribution in [2.75, 3.05) is 0 Å². The Hall–Kier alpha value is -2.55. The highest BCUT2D eigenvalue weighted by molar-refractivity contribution is 5.97. The summed E-state index contributed by atoms with van der Waals surface area (Å²) in [6, 6.07) is 14.9. The molecule has 3 heteroatoms. The lowest BCUT2D eigenvalue weighted by Crippen LogP contribution is -2.01. The van der Waals surface area contributed by atoms with Crippen molar-refractivity contribution < 1.29 is 9.52 Å². The maximum atomic E-state index is 11.8. The summed E-state index contributed by atoms with van der Waals surface area (Å²) < 4.78 is 5.18. The highest BCUT2D eigenvalue weighted by Gasteiger charge is 2.15. The van der Waals surface area contributed by atoms with Crippen molar-refractivity contribution in [1.82, 2.24) is 0 Å². The molecule has 1 N–H and O–H groups in total. The Morgan fingerprint density at radius 3 is 2.47 bits per heavy atom. The summed E-state index contributed by atoms with van der Waals surface area (Å²) in [5.74, 6) is -0.343. The molecule has 1 aromatic heterocycles. The van der Waals surface area contributed by atoms with Gasteiger partial charge >= 0.3 is 5.63 Å². The monoisotopic (exact) mass is 252 g/mol. The number of benzene rings is 2. The Morgan fingerprint density at radius 2 is 1.74 bits per heavy atom. The Labute approximate surface area is 109 Å². The SMILES string of the molecule is Cc1cccc2c(-c3ccccc3)c(O)c(=O)oc12. The molecule has 94 valence electrons. The molecule has 3 rings (SSSR count). The lowest BCUT2D eigenvalue weighted by atomic mass is 10.00. The lowest BCUT2D eigenvalue weighted by molar-refractivity contribution is 0.430. The molecule has 0 aliphatic rings. The van der Waals surface area contributed by atoms with Crippen molar-refractivity contribution >= 4 is 11.0 Å². The van der Waals surface area contributed by atoms with Gasteiger partial charge in [0.15, 0.2) is 0 Å². The third-order valence-electron chi connectivity index (χ3n) is 3.17. The van der Waals surface area contributed by atoms with Crippen LogP contribution in [0, 0.1) is 6.92 Å². The van der Waals surface area contributed by atoms with Gasteiger partial charge in [0.1, 0.15) is 5.58 Å². The summed E-state index contributed by atoms with van der Waals surface area (Å²) in [6.07, 6.45) is 0. The van der Waals surface area contributed by atoms with E-state index in [-0.39, 0.29) is 5.75 Å². The van der Waals surface area contributed by atoms with Crippen molar-refractivity contribution in [3.63, 3.8) is 0 Å². The summed E-state index contributed by atoms with van der Waals surface area (Å²) in [5.41, 5.74) is 2.00. The molecule has 0 saturated carbocycles. The van der Waals surface area contributed by atoms with Gasteiger partial charge in [-0.25, -0.2) is 4.79 Å². The number of hydrogen-bond acceptors (Lipinski definition) is 3. The van der Waals surface area contributed by atoms with Gasteiger partial charge in [0.05, 0.1) is 0 Å². The van der Waals surface area contributed by atoms with E-state index in [1.807, 2.05) is 55.5 Å². The summed E-state index contributed by atoms with van der Waals surface area (Å²) in [4.78, 5) is 11.8. The molecule has 1 heterocycles. The second-order valence-electron chi connectivity index (χ2n) is 4.43. The Balaban J connectivity index is 2.50. The van der Waals surface area contributed by atoms with Crippen molar-refractivity contribution in [3.8, 4) is 16.9 Å². The zero-order valence-corrected chi connectivity index (χ0v) is 10.4. The molecular weight excluding hydrogens is 240 g/mol. The van der Waals surface area contributed by atoms with Crippen LogP contribution in [-0.4, -0.2) is 5.11 Å². The maximum Gasteiger partial charge on any atom is 0.379 e. The standard InChI is InChI=1S/C16H12O3/c1-10-6-5-9-12-13(11-7-3-2-4-8-11)14(17)16(18)19-15(10)12/h2-9,17H,1H3. The fourth-order valence-corrected chi connectivity index (χ4v) is 2.25. The highest BCUT2D eigenvalue weighted by atomic mass is 16.4. The number of rotatable bonds is 1. The van der Waals surface area contributed by atoms with E-state index in [0.29, 0.717) is 11.1 Å². The van der Waals surface area contributed by atoms with Crippen molar-refractivity contribution in [3.05, 3.63) is 64.5 Å². The van der Waals surface area contributed by atoms with Crippen LogP contribution in [0.5, 0.6) is 5.75 Å². The highest BCUT2D eigenvalue weighted by Crippen LogP contribution is 2.34. The minimum Gasteiger partial charge on any atom is -0.501 e. The van der Waals surface area contributed by atoms with E-state index in [1.54, 1.807) is 0 Å². The number of hydrogen-bond donors (Lipinski definition) is 1. The van der Waals surface area contributed by atoms with E-state index in [0.717, 1.165) is 16.5 Å². The predicted molar refractivity (Wildman–Crippen MR) is 74.3 cm³/mol. The lowest BCUT2D eigenvalue weighted by Gasteiger charge is -2.09. The van der Waals surface area contributed by atoms with Gasteiger partial charge in [0.25, 0.3) is 0 Å². The topological polar surface area (TPSA) is 50.4 Å². The van der Waals surface area contributed by atoms with Crippen molar-refractivity contribution in [1.29, 1.82) is 0 Å². The van der Waals surface area contributed by atoms with E-state index >= 15 is 0 Å². The van der Waals surface area contributed by atoms with Crippen molar-refractivity contribution in [2.24, 2.45) is 0 Å². The van der Waals surface area contributed by atoms with Crippen LogP contribution < -0.4 is 5.63 Å². The second-order valence-corrected chi connectivity index (χ2v) is 4.43. The second kappa shape index (κ2) is 4.28. The van der Waals surface area contributed by atoms with Gasteiger partial charge in [-0.05, 0) is 18.1 Å². The van der Waals surface area contributed by atoms with E-state index < -0.39 is 5.63 Å². The summed E-state index contributed by atoms with van der Waals surface area (Å²) >= 11 is 0. The van der Waals surface area contributed by atoms with Crippen LogP contribution in [0.4, 0.5) is 0 Å². The molecule has 0 aliphatic carbocycles. The van der Waals surface area contributed by atoms with Crippen LogP contribution in [0.3, 0.4) is 0 Å². The van der Waals surface area contributed by atoms with Gasteiger partial charge in [0.2, 0.25) is 5.75 Å². The average Bonchev–Trinajstić information content (AvgIpc) is 2.42. The zero-order chi connectivity index (χ0) is 13.4. The summed E-state index contributed by atoms with van der Waals surface area (Å²) in [6.45, 7) is 1.87. The third-order valence-corrected chi connectivity index (χ3v) is 3.17. The molecule has 0 fully saturated rings. The van der Waals surface area contributed by atoms with Crippen LogP contribution in [0.1, 0.15) is 5.56 Å². The predicted octanol–water partition coefficient (Wildman–Crippen LogP) is 3.47. The van der Waals surface area contributed by atoms with Crippen LogP contribution in [0.25, 0.3) is 22.1 Å². The maximum absolute atomic E-state index is 11.8. The minimum absolute atomic E-state index is 0.343. The summed E-state index contributed by atoms with van der Waals surface area (Å²) in [5, 5.41) is 10.8. The quantitative estimate of drug-likeness (QED) is 0.674. The smallest absolute Gasteiger partial charge is 0.379 e. The van der Waals surface area contributed by atoms with Crippen LogP contribution in [-0.2, 0) is 0 Å². The molecule has 0 amide bonds. The van der Waals surface area contributed by atoms with Gasteiger partial charge in [-0.2, -0.15) is 0 Å². The Morgan fingerprint density at radius 1 is 1.00 bits per heavy atom. The first-order valence-corrected chi connectivity index (χ1v) is 5.99. The molecule has 0 atom stereocenters. The fourth-order valence-electron chi connectivity index (χ4n) is 2.25. The molecule has 0 aliphatic heterocycles. The molecule has 0 unspecified atom stereocenters. The third kappa shape index (κ3) is 1.80. The van der Waals surface area contributed by atoms with Gasteiger partial charge in [-0.1, -0.05) is 48.5 Å². The fraction of sp³-hybridized carbons (Fsp3) is 0.0625. The van der Waals surface area contributed by atoms with E-state index in [4.69, 9.17) is 4.42 Å². The Kier molecular flexibility index (Phi) is 2.60. The Bertz CT molecular complexity index is 801. The van der Waals surface area contributed by atoms with Crippen LogP contribution >= 0.6 is 0 Å². The molecule has 0 saturated heterocycles. The first kappa shape index (κ1) is 11.5. The number of aromatic hydroxyl groups is 1. The van der Waals surface area contributed by atoms with Gasteiger partial charge in [-0.3, -0.25) is 0 Å². The van der Waals surface area contributed by atoms with E-state index in [1.165, 1.54) is 0 Å². The van der Waals surface area contributed by atoms with Crippen LogP contribution in [0.15, 0.2) is 57.7 Å². The van der Waals surface area contributed by atoms with E-state index in [9.17, 15) is 9.90 Å². The summed E-state index contributed by atoms with van der Waals surface area (Å²) in [7, 11) is 0. The number of fused-ring (bicyclic) bond motifs is 1. The first-order valence-electron chi connectivity index (χ1n) is 5.99.